The smallest absolute Gasteiger partial charge is 0.318 e. The molecule has 0 radical (unpaired) electrons. The number of carbonyl (C=O) groups excluding carboxylic acids is 3. The van der Waals surface area contributed by atoms with E-state index in [1.54, 1.807) is 6.07 Å². The summed E-state index contributed by atoms with van der Waals surface area (Å²) in [6.07, 6.45) is -5.78. The van der Waals surface area contributed by atoms with Crippen LogP contribution in [0.3, 0.4) is 0 Å². The maximum Gasteiger partial charge on any atom is 0.333 e. The van der Waals surface area contributed by atoms with E-state index in [0.717, 1.165) is 4.90 Å². The van der Waals surface area contributed by atoms with E-state index in [-0.39, 0.29) is 17.0 Å². The van der Waals surface area contributed by atoms with Crippen molar-refractivity contribution in [2.45, 2.75) is 12.7 Å². The molecule has 2 rings (SSSR count). The first-order valence-electron chi connectivity index (χ1n) is 7.28. The van der Waals surface area contributed by atoms with Gasteiger partial charge in [-0.1, -0.05) is 30.3 Å². The summed E-state index contributed by atoms with van der Waals surface area (Å²) < 4.78 is 31.6. The Morgan fingerprint density at radius 1 is 1.33 bits per heavy atom. The Labute approximate surface area is 111 Å². The van der Waals surface area contributed by atoms with E-state index in [9.17, 15) is 14.4 Å². The second-order valence-corrected chi connectivity index (χ2v) is 3.79. The number of hydrogen-bond donors (Lipinski definition) is 0. The lowest BCUT2D eigenvalue weighted by Crippen LogP contribution is -2.37. The number of hydrogen-bond acceptors (Lipinski definition) is 3. The second kappa shape index (κ2) is 5.00. The summed E-state index contributed by atoms with van der Waals surface area (Å²) in [6.45, 7) is -0.338. The summed E-state index contributed by atoms with van der Waals surface area (Å²) in [5.41, 5.74) is -0.0548. The van der Waals surface area contributed by atoms with E-state index in [0.29, 0.717) is 0 Å². The first-order valence-corrected chi connectivity index (χ1v) is 5.28. The Bertz CT molecular complexity index is 633. The average molecular weight is 250 g/mol. The summed E-state index contributed by atoms with van der Waals surface area (Å²) in [5.74, 6) is -2.37. The van der Waals surface area contributed by atoms with Crippen LogP contribution >= 0.6 is 0 Å². The highest BCUT2D eigenvalue weighted by Gasteiger charge is 2.37. The highest BCUT2D eigenvalue weighted by Crippen LogP contribution is 2.11. The molecule has 1 fully saturated rings. The summed E-state index contributed by atoms with van der Waals surface area (Å²) in [6, 6.07) is 6.36. The minimum atomic E-state index is -3.08. The summed E-state index contributed by atoms with van der Waals surface area (Å²) >= 11 is 0. The third kappa shape index (κ3) is 2.40. The van der Waals surface area contributed by atoms with Crippen molar-refractivity contribution in [1.82, 2.24) is 9.80 Å². The number of imide groups is 3. The molecule has 1 aliphatic heterocycles. The zero-order valence-electron chi connectivity index (χ0n) is 13.7. The molecule has 1 aliphatic rings. The van der Waals surface area contributed by atoms with Gasteiger partial charge in [-0.25, -0.2) is 4.79 Å². The third-order valence-corrected chi connectivity index (χ3v) is 2.43. The number of rotatable bonds is 3. The number of aryl methyl sites for hydroxylation is 1. The fraction of sp³-hybridized carbons (Fsp3) is 0.308. The van der Waals surface area contributed by atoms with Crippen molar-refractivity contribution in [2.75, 3.05) is 13.6 Å². The molecule has 0 bridgehead atoms. The van der Waals surface area contributed by atoms with Crippen molar-refractivity contribution >= 4 is 17.8 Å². The zero-order valence-corrected chi connectivity index (χ0v) is 9.71. The molecular formula is C13H14N2O3. The quantitative estimate of drug-likeness (QED) is 0.753. The molecule has 0 aromatic heterocycles. The molecule has 1 saturated heterocycles. The van der Waals surface area contributed by atoms with E-state index >= 15 is 0 Å². The Kier molecular flexibility index (Phi) is 2.23. The van der Waals surface area contributed by atoms with Gasteiger partial charge in [0.25, 0.3) is 5.91 Å². The van der Waals surface area contributed by atoms with Gasteiger partial charge in [0.2, 0.25) is 5.91 Å². The first kappa shape index (κ1) is 8.02. The van der Waals surface area contributed by atoms with Crippen molar-refractivity contribution in [3.63, 3.8) is 0 Å². The van der Waals surface area contributed by atoms with Crippen molar-refractivity contribution < 1.29 is 19.9 Å². The molecular weight excluding hydrogens is 232 g/mol. The molecule has 0 spiro atoms. The minimum absolute atomic E-state index is 0.0548. The maximum absolute atomic E-state index is 12.3. The largest absolute Gasteiger partial charge is 0.333 e. The van der Waals surface area contributed by atoms with Crippen LogP contribution in [0.2, 0.25) is 0 Å². The normalized spacial score (nSPS) is 20.3. The van der Waals surface area contributed by atoms with Gasteiger partial charge in [0.15, 0.2) is 0 Å². The van der Waals surface area contributed by atoms with Crippen LogP contribution in [-0.4, -0.2) is 41.2 Å². The Balaban J connectivity index is 2.39. The molecule has 4 amide bonds. The zero-order chi connectivity index (χ0) is 16.7. The molecule has 5 nitrogen and oxygen atoms in total. The standard InChI is InChI=1S/C13H14N2O3/c1-14-9-12(17)15(13(14)18)11(16)8-7-10-5-3-2-4-6-10/h2-6H,7-9H2,1H3/i7D2,8D2. The monoisotopic (exact) mass is 250 g/mol. The van der Waals surface area contributed by atoms with Crippen molar-refractivity contribution in [1.29, 1.82) is 0 Å². The minimum Gasteiger partial charge on any atom is -0.318 e. The highest BCUT2D eigenvalue weighted by molar-refractivity contribution is 6.14. The van der Waals surface area contributed by atoms with Crippen LogP contribution in [0, 0.1) is 0 Å². The van der Waals surface area contributed by atoms with E-state index in [1.807, 2.05) is 0 Å². The number of carbonyl (C=O) groups is 3. The van der Waals surface area contributed by atoms with Crippen LogP contribution < -0.4 is 0 Å². The third-order valence-electron chi connectivity index (χ3n) is 2.43. The van der Waals surface area contributed by atoms with Gasteiger partial charge < -0.3 is 4.90 Å². The molecule has 0 saturated carbocycles. The topological polar surface area (TPSA) is 57.7 Å². The lowest BCUT2D eigenvalue weighted by atomic mass is 10.1. The average Bonchev–Trinajstić information content (AvgIpc) is 2.72. The number of nitrogens with zero attached hydrogens (tertiary/aromatic N) is 2. The lowest BCUT2D eigenvalue weighted by Gasteiger charge is -2.12. The fourth-order valence-corrected chi connectivity index (χ4v) is 1.52. The van der Waals surface area contributed by atoms with Gasteiger partial charge in [0, 0.05) is 18.9 Å². The van der Waals surface area contributed by atoms with Crippen LogP contribution in [-0.2, 0) is 16.0 Å². The molecule has 1 heterocycles. The number of urea groups is 1. The molecule has 0 aliphatic carbocycles. The Hall–Kier alpha value is -2.17. The van der Waals surface area contributed by atoms with Gasteiger partial charge in [0.1, 0.15) is 6.54 Å². The number of likely N-dealkylation sites (N-methyl/N-ethyl adjacent to an activating group) is 1. The molecule has 0 atom stereocenters. The number of amides is 4. The van der Waals surface area contributed by atoms with Gasteiger partial charge in [-0.05, 0) is 11.9 Å². The SMILES string of the molecule is [2H]C([2H])(C(=O)N1C(=O)CN(C)C1=O)C([2H])([2H])c1ccccc1. The number of benzene rings is 1. The van der Waals surface area contributed by atoms with E-state index in [1.165, 1.54) is 31.3 Å². The lowest BCUT2D eigenvalue weighted by molar-refractivity contribution is -0.138. The second-order valence-electron chi connectivity index (χ2n) is 3.79. The molecule has 0 unspecified atom stereocenters. The van der Waals surface area contributed by atoms with Crippen LogP contribution in [0.25, 0.3) is 0 Å². The molecule has 94 valence electrons. The van der Waals surface area contributed by atoms with Gasteiger partial charge in [-0.3, -0.25) is 9.59 Å². The molecule has 1 aromatic rings. The van der Waals surface area contributed by atoms with Crippen molar-refractivity contribution in [2.24, 2.45) is 0 Å². The van der Waals surface area contributed by atoms with Crippen LogP contribution in [0.4, 0.5) is 4.79 Å². The van der Waals surface area contributed by atoms with Crippen LogP contribution in [0.5, 0.6) is 0 Å². The molecule has 5 heteroatoms. The van der Waals surface area contributed by atoms with E-state index in [2.05, 4.69) is 0 Å². The first-order chi connectivity index (χ1) is 10.1. The van der Waals surface area contributed by atoms with Gasteiger partial charge in [-0.15, -0.1) is 0 Å². The van der Waals surface area contributed by atoms with Crippen LogP contribution in [0.1, 0.15) is 17.4 Å². The highest BCUT2D eigenvalue weighted by atomic mass is 16.2. The Morgan fingerprint density at radius 3 is 2.56 bits per heavy atom. The van der Waals surface area contributed by atoms with E-state index < -0.39 is 30.6 Å². The fourth-order valence-electron chi connectivity index (χ4n) is 1.52. The van der Waals surface area contributed by atoms with Gasteiger partial charge in [0.05, 0.1) is 0 Å². The van der Waals surface area contributed by atoms with E-state index in [4.69, 9.17) is 5.48 Å². The van der Waals surface area contributed by atoms with Crippen molar-refractivity contribution in [3.8, 4) is 0 Å². The maximum atomic E-state index is 12.3. The molecule has 18 heavy (non-hydrogen) atoms. The predicted molar refractivity (Wildman–Crippen MR) is 64.6 cm³/mol. The van der Waals surface area contributed by atoms with Gasteiger partial charge in [-0.2, -0.15) is 4.90 Å². The summed E-state index contributed by atoms with van der Waals surface area (Å²) in [7, 11) is 1.30. The Morgan fingerprint density at radius 2 is 2.00 bits per heavy atom. The summed E-state index contributed by atoms with van der Waals surface area (Å²) in [4.78, 5) is 36.9. The van der Waals surface area contributed by atoms with Crippen molar-refractivity contribution in [3.05, 3.63) is 35.9 Å². The molecule has 0 N–H and O–H groups in total. The molecule has 1 aromatic carbocycles. The van der Waals surface area contributed by atoms with Crippen LogP contribution in [0.15, 0.2) is 30.3 Å². The predicted octanol–water partition coefficient (Wildman–Crippen LogP) is 1.04. The van der Waals surface area contributed by atoms with Gasteiger partial charge >= 0.3 is 6.03 Å². The summed E-state index contributed by atoms with van der Waals surface area (Å²) in [5, 5.41) is 0.